The highest BCUT2D eigenvalue weighted by Gasteiger charge is 2.51. The zero-order chi connectivity index (χ0) is 24.4. The molecule has 0 aromatic carbocycles. The Balaban J connectivity index is 1.55. The van der Waals surface area contributed by atoms with Crippen molar-refractivity contribution in [2.75, 3.05) is 25.0 Å². The molecule has 2 aliphatic rings. The number of aromatic nitrogens is 1. The van der Waals surface area contributed by atoms with Gasteiger partial charge < -0.3 is 10.4 Å². The summed E-state index contributed by atoms with van der Waals surface area (Å²) < 4.78 is 53.1. The highest BCUT2D eigenvalue weighted by atomic mass is 19.4. The van der Waals surface area contributed by atoms with Gasteiger partial charge in [0.2, 0.25) is 6.04 Å². The molecule has 1 aromatic rings. The van der Waals surface area contributed by atoms with Crippen LogP contribution in [0.4, 0.5) is 23.4 Å². The van der Waals surface area contributed by atoms with E-state index in [2.05, 4.69) is 36.4 Å². The van der Waals surface area contributed by atoms with Crippen molar-refractivity contribution in [3.8, 4) is 6.07 Å². The maximum absolute atomic E-state index is 13.7. The van der Waals surface area contributed by atoms with Gasteiger partial charge in [-0.3, -0.25) is 5.32 Å². The van der Waals surface area contributed by atoms with E-state index < -0.39 is 24.0 Å². The maximum Gasteiger partial charge on any atom is 0.417 e. The molecule has 33 heavy (non-hydrogen) atoms. The normalized spacial score (nSPS) is 30.8. The Morgan fingerprint density at radius 1 is 1.33 bits per heavy atom. The number of aliphatic hydroxyl groups is 1. The van der Waals surface area contributed by atoms with E-state index in [1.165, 1.54) is 10.6 Å². The average molecular weight is 471 g/mol. The van der Waals surface area contributed by atoms with Gasteiger partial charge >= 0.3 is 12.1 Å². The number of pyridine rings is 1. The SMILES string of the molecule is CC1(C)[C@@H](CCNc2ccc(C(F)(F)F)cn2)CC[C@@]1(C)NCC(O)=[N+]1C[C@@H](F)C[C@H]1C#N. The summed E-state index contributed by atoms with van der Waals surface area (Å²) in [7, 11) is 0. The van der Waals surface area contributed by atoms with E-state index in [0.29, 0.717) is 18.3 Å². The van der Waals surface area contributed by atoms with Gasteiger partial charge in [0.15, 0.2) is 12.7 Å². The first-order valence-electron chi connectivity index (χ1n) is 11.2. The number of halogens is 4. The van der Waals surface area contributed by atoms with Crippen LogP contribution in [0.2, 0.25) is 0 Å². The van der Waals surface area contributed by atoms with Gasteiger partial charge in [-0.25, -0.2) is 9.37 Å². The molecule has 1 saturated heterocycles. The van der Waals surface area contributed by atoms with E-state index in [1.807, 2.05) is 6.07 Å². The van der Waals surface area contributed by atoms with Crippen LogP contribution in [0.5, 0.6) is 0 Å². The lowest BCUT2D eigenvalue weighted by Crippen LogP contribution is -2.54. The van der Waals surface area contributed by atoms with E-state index >= 15 is 0 Å². The van der Waals surface area contributed by atoms with Crippen LogP contribution in [0, 0.1) is 22.7 Å². The predicted octanol–water partition coefficient (Wildman–Crippen LogP) is 4.29. The molecule has 2 fully saturated rings. The van der Waals surface area contributed by atoms with E-state index in [-0.39, 0.29) is 36.4 Å². The Bertz CT molecular complexity index is 909. The number of alkyl halides is 4. The largest absolute Gasteiger partial charge is 0.463 e. The van der Waals surface area contributed by atoms with Crippen LogP contribution in [0.25, 0.3) is 0 Å². The second-order valence-corrected chi connectivity index (χ2v) is 9.83. The Hall–Kier alpha value is -2.41. The minimum Gasteiger partial charge on any atom is -0.463 e. The molecule has 3 N–H and O–H groups in total. The smallest absolute Gasteiger partial charge is 0.417 e. The average Bonchev–Trinajstić information content (AvgIpc) is 3.24. The topological polar surface area (TPSA) is 84.0 Å². The highest BCUT2D eigenvalue weighted by molar-refractivity contribution is 5.71. The van der Waals surface area contributed by atoms with Crippen LogP contribution in [-0.4, -0.2) is 58.0 Å². The van der Waals surface area contributed by atoms with Crippen molar-refractivity contribution in [3.05, 3.63) is 23.9 Å². The summed E-state index contributed by atoms with van der Waals surface area (Å²) in [6, 6.07) is 3.74. The molecule has 3 rings (SSSR count). The number of anilines is 1. The zero-order valence-corrected chi connectivity index (χ0v) is 19.2. The van der Waals surface area contributed by atoms with Crippen LogP contribution in [0.1, 0.15) is 52.0 Å². The molecule has 0 unspecified atom stereocenters. The molecule has 0 bridgehead atoms. The molecule has 0 spiro atoms. The van der Waals surface area contributed by atoms with E-state index in [1.54, 1.807) is 0 Å². The molecule has 1 aliphatic carbocycles. The maximum atomic E-state index is 13.7. The van der Waals surface area contributed by atoms with Gasteiger partial charge in [-0.1, -0.05) is 13.8 Å². The Kier molecular flexibility index (Phi) is 7.22. The molecule has 1 aromatic heterocycles. The number of hydrogen-bond donors (Lipinski definition) is 3. The monoisotopic (exact) mass is 470 g/mol. The Morgan fingerprint density at radius 2 is 2.06 bits per heavy atom. The molecule has 1 saturated carbocycles. The number of rotatable bonds is 7. The van der Waals surface area contributed by atoms with Gasteiger partial charge in [-0.15, -0.1) is 0 Å². The van der Waals surface area contributed by atoms with Crippen molar-refractivity contribution in [2.45, 2.75) is 70.4 Å². The van der Waals surface area contributed by atoms with Gasteiger partial charge in [0.25, 0.3) is 0 Å². The fraction of sp³-hybridized carbons (Fsp3) is 0.696. The second-order valence-electron chi connectivity index (χ2n) is 9.83. The number of nitrogens with one attached hydrogen (secondary N) is 2. The van der Waals surface area contributed by atoms with Gasteiger partial charge in [-0.05, 0) is 49.7 Å². The first kappa shape index (κ1) is 25.2. The van der Waals surface area contributed by atoms with Crippen molar-refractivity contribution in [1.82, 2.24) is 10.3 Å². The summed E-state index contributed by atoms with van der Waals surface area (Å²) in [4.78, 5) is 3.85. The van der Waals surface area contributed by atoms with Crippen LogP contribution in [0.3, 0.4) is 0 Å². The molecule has 0 radical (unpaired) electrons. The first-order chi connectivity index (χ1) is 15.4. The lowest BCUT2D eigenvalue weighted by molar-refractivity contribution is -0.540. The minimum absolute atomic E-state index is 0.0165. The fourth-order valence-corrected chi connectivity index (χ4v) is 5.03. The van der Waals surface area contributed by atoms with Gasteiger partial charge in [0, 0.05) is 18.3 Å². The molecule has 10 heteroatoms. The number of aliphatic hydroxyl groups excluding tert-OH is 1. The lowest BCUT2D eigenvalue weighted by atomic mass is 9.70. The molecule has 182 valence electrons. The third-order valence-electron chi connectivity index (χ3n) is 7.69. The van der Waals surface area contributed by atoms with Crippen molar-refractivity contribution in [2.24, 2.45) is 11.3 Å². The highest BCUT2D eigenvalue weighted by Crippen LogP contribution is 2.51. The lowest BCUT2D eigenvalue weighted by Gasteiger charge is -2.42. The molecule has 2 heterocycles. The second kappa shape index (κ2) is 9.45. The van der Waals surface area contributed by atoms with E-state index in [4.69, 9.17) is 0 Å². The molecule has 4 atom stereocenters. The number of nitriles is 1. The van der Waals surface area contributed by atoms with Crippen molar-refractivity contribution >= 4 is 11.7 Å². The summed E-state index contributed by atoms with van der Waals surface area (Å²) >= 11 is 0. The molecule has 6 nitrogen and oxygen atoms in total. The molecular weight excluding hydrogens is 438 g/mol. The number of nitrogens with zero attached hydrogens (tertiary/aromatic N) is 3. The Morgan fingerprint density at radius 3 is 2.67 bits per heavy atom. The van der Waals surface area contributed by atoms with Crippen LogP contribution in [-0.2, 0) is 6.18 Å². The molecule has 1 aliphatic heterocycles. The van der Waals surface area contributed by atoms with E-state index in [0.717, 1.165) is 31.5 Å². The quantitative estimate of drug-likeness (QED) is 0.315. The van der Waals surface area contributed by atoms with E-state index in [9.17, 15) is 27.9 Å². The van der Waals surface area contributed by atoms with Crippen LogP contribution < -0.4 is 10.6 Å². The standard InChI is InChI=1S/C23H31F4N5O/c1-21(2)15(7-9-29-19-5-4-16(12-30-19)23(25,26)27)6-8-22(21,3)31-13-20(33)32-14-17(24)10-18(32)11-28/h4-5,12,15,17-18,31H,6-10,13-14H2,1-3H3,(H,29,30)/p+1/t15-,17+,18+,22-/m1/s1. The summed E-state index contributed by atoms with van der Waals surface area (Å²) in [5, 5.41) is 26.2. The molecular formula is C23H32F4N5O+. The van der Waals surface area contributed by atoms with Gasteiger partial charge in [0.1, 0.15) is 18.4 Å². The van der Waals surface area contributed by atoms with Crippen molar-refractivity contribution in [3.63, 3.8) is 0 Å². The predicted molar refractivity (Wildman–Crippen MR) is 117 cm³/mol. The van der Waals surface area contributed by atoms with Crippen LogP contribution in [0.15, 0.2) is 18.3 Å². The summed E-state index contributed by atoms with van der Waals surface area (Å²) in [5.74, 6) is 0.730. The third-order valence-corrected chi connectivity index (χ3v) is 7.69. The summed E-state index contributed by atoms with van der Waals surface area (Å²) in [5.41, 5.74) is -1.19. The third kappa shape index (κ3) is 5.40. The zero-order valence-electron chi connectivity index (χ0n) is 19.2. The minimum atomic E-state index is -4.40. The van der Waals surface area contributed by atoms with Gasteiger partial charge in [0.05, 0.1) is 12.0 Å². The fourth-order valence-electron chi connectivity index (χ4n) is 5.03. The van der Waals surface area contributed by atoms with Crippen LogP contribution >= 0.6 is 0 Å². The van der Waals surface area contributed by atoms with Gasteiger partial charge in [-0.2, -0.15) is 23.0 Å². The first-order valence-corrected chi connectivity index (χ1v) is 11.2. The van der Waals surface area contributed by atoms with Crippen molar-refractivity contribution in [1.29, 1.82) is 5.26 Å². The number of hydrogen-bond acceptors (Lipinski definition) is 4. The summed E-state index contributed by atoms with van der Waals surface area (Å²) in [6.07, 6.45) is -1.94. The summed E-state index contributed by atoms with van der Waals surface area (Å²) in [6.45, 7) is 7.20. The Labute approximate surface area is 191 Å². The molecule has 0 amide bonds. The van der Waals surface area contributed by atoms with Crippen molar-refractivity contribution < 1.29 is 27.2 Å².